The number of likely N-dealkylation sites (N-methyl/N-ethyl adjacent to an activating group) is 1. The van der Waals surface area contributed by atoms with Crippen molar-refractivity contribution in [2.75, 3.05) is 33.8 Å². The Bertz CT molecular complexity index is 292. The zero-order valence-corrected chi connectivity index (χ0v) is 11.3. The second-order valence-electron chi connectivity index (χ2n) is 4.00. The van der Waals surface area contributed by atoms with Crippen LogP contribution in [0.2, 0.25) is 0 Å². The van der Waals surface area contributed by atoms with Crippen LogP contribution in [0.15, 0.2) is 0 Å². The van der Waals surface area contributed by atoms with Crippen molar-refractivity contribution in [3.63, 3.8) is 0 Å². The summed E-state index contributed by atoms with van der Waals surface area (Å²) in [6.07, 6.45) is 0.664. The summed E-state index contributed by atoms with van der Waals surface area (Å²) in [6.45, 7) is 2.83. The number of ketones is 1. The van der Waals surface area contributed by atoms with E-state index < -0.39 is 0 Å². The monoisotopic (exact) mass is 258 g/mol. The first-order chi connectivity index (χ1) is 8.49. The van der Waals surface area contributed by atoms with Crippen molar-refractivity contribution in [3.05, 3.63) is 0 Å². The van der Waals surface area contributed by atoms with E-state index in [-0.39, 0.29) is 37.0 Å². The predicted octanol–water partition coefficient (Wildman–Crippen LogP) is -0.0333. The fraction of sp³-hybridized carbons (Fsp3) is 0.750. The molecule has 0 unspecified atom stereocenters. The molecule has 6 heteroatoms. The molecule has 0 aliphatic heterocycles. The summed E-state index contributed by atoms with van der Waals surface area (Å²) < 4.78 is 4.73. The van der Waals surface area contributed by atoms with Gasteiger partial charge in [0.25, 0.3) is 0 Å². The average molecular weight is 258 g/mol. The molecule has 0 spiro atoms. The Hall–Kier alpha value is -1.43. The topological polar surface area (TPSA) is 75.7 Å². The van der Waals surface area contributed by atoms with E-state index in [1.54, 1.807) is 25.9 Å². The number of ether oxygens (including phenoxy) is 1. The molecule has 0 rings (SSSR count). The van der Waals surface area contributed by atoms with Gasteiger partial charge in [0, 0.05) is 26.4 Å². The number of rotatable bonds is 9. The molecule has 0 saturated carbocycles. The Labute approximate surface area is 108 Å². The molecular weight excluding hydrogens is 236 g/mol. The van der Waals surface area contributed by atoms with Crippen LogP contribution < -0.4 is 5.32 Å². The maximum atomic E-state index is 11.5. The van der Waals surface area contributed by atoms with Crippen molar-refractivity contribution in [3.8, 4) is 0 Å². The first kappa shape index (κ1) is 16.6. The van der Waals surface area contributed by atoms with Gasteiger partial charge in [0.15, 0.2) is 0 Å². The third-order valence-electron chi connectivity index (χ3n) is 2.36. The number of nitrogens with zero attached hydrogens (tertiary/aromatic N) is 1. The van der Waals surface area contributed by atoms with Gasteiger partial charge in [-0.05, 0) is 14.0 Å². The van der Waals surface area contributed by atoms with Crippen LogP contribution in [0.5, 0.6) is 0 Å². The van der Waals surface area contributed by atoms with Crippen molar-refractivity contribution in [1.82, 2.24) is 10.2 Å². The molecular formula is C12H22N2O4. The molecule has 18 heavy (non-hydrogen) atoms. The van der Waals surface area contributed by atoms with Crippen LogP contribution in [0.3, 0.4) is 0 Å². The van der Waals surface area contributed by atoms with E-state index >= 15 is 0 Å². The van der Waals surface area contributed by atoms with Gasteiger partial charge in [0.1, 0.15) is 5.78 Å². The van der Waals surface area contributed by atoms with E-state index in [1.807, 2.05) is 0 Å². The average Bonchev–Trinajstić information content (AvgIpc) is 2.33. The lowest BCUT2D eigenvalue weighted by atomic mass is 10.2. The molecule has 0 saturated heterocycles. The van der Waals surface area contributed by atoms with Crippen LogP contribution in [0.1, 0.15) is 26.2 Å². The molecule has 0 bridgehead atoms. The zero-order chi connectivity index (χ0) is 14.0. The van der Waals surface area contributed by atoms with Crippen LogP contribution in [0, 0.1) is 0 Å². The van der Waals surface area contributed by atoms with Gasteiger partial charge < -0.3 is 10.1 Å². The van der Waals surface area contributed by atoms with E-state index in [4.69, 9.17) is 4.74 Å². The van der Waals surface area contributed by atoms with Gasteiger partial charge in [0.05, 0.1) is 19.6 Å². The van der Waals surface area contributed by atoms with Crippen molar-refractivity contribution >= 4 is 17.7 Å². The Kier molecular flexibility index (Phi) is 8.82. The zero-order valence-electron chi connectivity index (χ0n) is 11.3. The molecule has 0 fully saturated rings. The van der Waals surface area contributed by atoms with E-state index in [0.29, 0.717) is 19.6 Å². The first-order valence-corrected chi connectivity index (χ1v) is 6.06. The Morgan fingerprint density at radius 3 is 2.39 bits per heavy atom. The van der Waals surface area contributed by atoms with Crippen LogP contribution >= 0.6 is 0 Å². The summed E-state index contributed by atoms with van der Waals surface area (Å²) in [5.41, 5.74) is 0. The fourth-order valence-electron chi connectivity index (χ4n) is 1.35. The van der Waals surface area contributed by atoms with Crippen molar-refractivity contribution in [2.24, 2.45) is 0 Å². The number of esters is 1. The highest BCUT2D eigenvalue weighted by atomic mass is 16.5. The molecule has 1 amide bonds. The molecule has 0 aromatic heterocycles. The minimum absolute atomic E-state index is 0.0255. The smallest absolute Gasteiger partial charge is 0.306 e. The van der Waals surface area contributed by atoms with Crippen molar-refractivity contribution in [2.45, 2.75) is 26.2 Å². The van der Waals surface area contributed by atoms with E-state index in [1.165, 1.54) is 0 Å². The van der Waals surface area contributed by atoms with Gasteiger partial charge in [0.2, 0.25) is 5.91 Å². The van der Waals surface area contributed by atoms with Crippen LogP contribution in [-0.2, 0) is 19.1 Å². The lowest BCUT2D eigenvalue weighted by Gasteiger charge is -2.14. The van der Waals surface area contributed by atoms with Crippen LogP contribution in [0.4, 0.5) is 0 Å². The molecule has 0 heterocycles. The summed E-state index contributed by atoms with van der Waals surface area (Å²) in [4.78, 5) is 35.3. The summed E-state index contributed by atoms with van der Waals surface area (Å²) in [5, 5.41) is 2.52. The molecule has 0 radical (unpaired) electrons. The van der Waals surface area contributed by atoms with Crippen molar-refractivity contribution < 1.29 is 19.1 Å². The number of nitrogens with one attached hydrogen (secondary N) is 1. The van der Waals surface area contributed by atoms with Gasteiger partial charge in [-0.2, -0.15) is 0 Å². The first-order valence-electron chi connectivity index (χ1n) is 6.06. The highest BCUT2D eigenvalue weighted by Gasteiger charge is 2.10. The van der Waals surface area contributed by atoms with Gasteiger partial charge in [-0.15, -0.1) is 0 Å². The third-order valence-corrected chi connectivity index (χ3v) is 2.36. The Morgan fingerprint density at radius 2 is 1.83 bits per heavy atom. The standard InChI is InChI=1S/C12H22N2O4/c1-4-18-12(17)6-5-10(15)9-14(3)8-7-11(16)13-2/h4-9H2,1-3H3,(H,13,16). The second-order valence-corrected chi connectivity index (χ2v) is 4.00. The minimum Gasteiger partial charge on any atom is -0.466 e. The van der Waals surface area contributed by atoms with Gasteiger partial charge in [-0.1, -0.05) is 0 Å². The maximum absolute atomic E-state index is 11.5. The molecule has 0 aromatic rings. The lowest BCUT2D eigenvalue weighted by molar-refractivity contribution is -0.144. The second kappa shape index (κ2) is 9.58. The molecule has 0 aromatic carbocycles. The molecule has 104 valence electrons. The maximum Gasteiger partial charge on any atom is 0.306 e. The number of carbonyl (C=O) groups excluding carboxylic acids is 3. The highest BCUT2D eigenvalue weighted by Crippen LogP contribution is 1.97. The van der Waals surface area contributed by atoms with E-state index in [9.17, 15) is 14.4 Å². The van der Waals surface area contributed by atoms with Gasteiger partial charge in [-0.3, -0.25) is 19.3 Å². The van der Waals surface area contributed by atoms with Crippen molar-refractivity contribution in [1.29, 1.82) is 0 Å². The number of Topliss-reactive ketones (excluding diaryl/α,β-unsaturated/α-hetero) is 1. The highest BCUT2D eigenvalue weighted by molar-refractivity contribution is 5.84. The summed E-state index contributed by atoms with van der Waals surface area (Å²) in [7, 11) is 3.35. The summed E-state index contributed by atoms with van der Waals surface area (Å²) in [5.74, 6) is -0.429. The minimum atomic E-state index is -0.348. The van der Waals surface area contributed by atoms with Crippen LogP contribution in [-0.4, -0.2) is 56.4 Å². The largest absolute Gasteiger partial charge is 0.466 e. The lowest BCUT2D eigenvalue weighted by Crippen LogP contribution is -2.30. The summed E-state index contributed by atoms with van der Waals surface area (Å²) in [6, 6.07) is 0. The van der Waals surface area contributed by atoms with Crippen LogP contribution in [0.25, 0.3) is 0 Å². The molecule has 1 N–H and O–H groups in total. The predicted molar refractivity (Wildman–Crippen MR) is 67.1 cm³/mol. The fourth-order valence-corrected chi connectivity index (χ4v) is 1.35. The number of amides is 1. The quantitative estimate of drug-likeness (QED) is 0.588. The Balaban J connectivity index is 3.73. The number of carbonyl (C=O) groups is 3. The number of hydrogen-bond donors (Lipinski definition) is 1. The molecule has 0 aliphatic carbocycles. The summed E-state index contributed by atoms with van der Waals surface area (Å²) >= 11 is 0. The molecule has 6 nitrogen and oxygen atoms in total. The van der Waals surface area contributed by atoms with E-state index in [0.717, 1.165) is 0 Å². The molecule has 0 atom stereocenters. The van der Waals surface area contributed by atoms with Gasteiger partial charge >= 0.3 is 5.97 Å². The van der Waals surface area contributed by atoms with E-state index in [2.05, 4.69) is 5.32 Å². The normalized spacial score (nSPS) is 10.2. The third kappa shape index (κ3) is 8.69. The number of hydrogen-bond acceptors (Lipinski definition) is 5. The Morgan fingerprint density at radius 1 is 1.17 bits per heavy atom. The van der Waals surface area contributed by atoms with Gasteiger partial charge in [-0.25, -0.2) is 0 Å². The SMILES string of the molecule is CCOC(=O)CCC(=O)CN(C)CCC(=O)NC. The molecule has 0 aliphatic rings.